The van der Waals surface area contributed by atoms with Crippen LogP contribution in [0.5, 0.6) is 0 Å². The van der Waals surface area contributed by atoms with Crippen molar-refractivity contribution >= 4 is 45.2 Å². The van der Waals surface area contributed by atoms with Gasteiger partial charge in [0, 0.05) is 39.8 Å². The molecular formula is C58H68N2. The van der Waals surface area contributed by atoms with E-state index in [9.17, 15) is 0 Å². The summed E-state index contributed by atoms with van der Waals surface area (Å²) in [6.45, 7) is 28.1. The number of rotatable bonds is 12. The van der Waals surface area contributed by atoms with Gasteiger partial charge >= 0.3 is 0 Å². The number of anilines is 4. The SMILES string of the molecule is CC(C)C1=CC=CC(N(c2cccc(C(C)C)c2)c2cc(C(C)C)c3c4c5c(ccc24)=C(C(C)C)C=C(N(c2cccc(C(C)C)c2)c2cccc(C(C)C)c2)C5CC=3)C1. The largest absolute Gasteiger partial charge is 0.334 e. The fourth-order valence-corrected chi connectivity index (χ4v) is 10.1. The Kier molecular flexibility index (Phi) is 11.6. The van der Waals surface area contributed by atoms with Gasteiger partial charge in [0.2, 0.25) is 0 Å². The molecule has 3 aliphatic rings. The van der Waals surface area contributed by atoms with Gasteiger partial charge < -0.3 is 9.80 Å². The van der Waals surface area contributed by atoms with E-state index in [2.05, 4.69) is 214 Å². The van der Waals surface area contributed by atoms with Crippen molar-refractivity contribution in [1.82, 2.24) is 0 Å². The van der Waals surface area contributed by atoms with Crippen LogP contribution in [0.2, 0.25) is 0 Å². The maximum atomic E-state index is 2.70. The summed E-state index contributed by atoms with van der Waals surface area (Å²) in [6, 6.07) is 35.8. The lowest BCUT2D eigenvalue weighted by atomic mass is 9.75. The highest BCUT2D eigenvalue weighted by Crippen LogP contribution is 2.47. The summed E-state index contributed by atoms with van der Waals surface area (Å²) >= 11 is 0. The predicted molar refractivity (Wildman–Crippen MR) is 262 cm³/mol. The van der Waals surface area contributed by atoms with Crippen molar-refractivity contribution in [3.8, 4) is 0 Å². The Hall–Kier alpha value is -5.08. The van der Waals surface area contributed by atoms with Gasteiger partial charge in [-0.05, 0) is 146 Å². The van der Waals surface area contributed by atoms with E-state index in [-0.39, 0.29) is 12.0 Å². The van der Waals surface area contributed by atoms with Gasteiger partial charge in [-0.2, -0.15) is 0 Å². The van der Waals surface area contributed by atoms with E-state index < -0.39 is 0 Å². The molecule has 5 aromatic carbocycles. The Labute approximate surface area is 361 Å². The molecule has 0 saturated heterocycles. The van der Waals surface area contributed by atoms with Crippen LogP contribution in [0.15, 0.2) is 127 Å². The molecule has 0 spiro atoms. The second-order valence-corrected chi connectivity index (χ2v) is 19.7. The molecule has 3 aliphatic carbocycles. The van der Waals surface area contributed by atoms with Gasteiger partial charge in [-0.3, -0.25) is 0 Å². The van der Waals surface area contributed by atoms with Gasteiger partial charge in [0.15, 0.2) is 0 Å². The standard InChI is InChI=1S/C58H68N2/c1-35(2)41-17-13-21-45(29-41)59(46-22-14-18-42(30-46)36(3)4)55-33-53(39(9)10)49-26-28-52-56(34-54(40(11)12)50-25-27-51(55)57(49)58(50)52)60(47-23-15-19-43(31-47)37(5)6)48-24-16-20-44(32-48)38(7)8/h13-27,29,31-40,46,52H,28,30H2,1-12H3. The van der Waals surface area contributed by atoms with E-state index in [0.717, 1.165) is 12.8 Å². The third-order valence-corrected chi connectivity index (χ3v) is 13.6. The van der Waals surface area contributed by atoms with E-state index >= 15 is 0 Å². The molecule has 0 aromatic heterocycles. The normalized spacial score (nSPS) is 17.3. The van der Waals surface area contributed by atoms with Gasteiger partial charge in [0.1, 0.15) is 0 Å². The molecule has 0 N–H and O–H groups in total. The first-order valence-electron chi connectivity index (χ1n) is 23.0. The fraction of sp³-hybridized carbons (Fsp3) is 0.379. The Morgan fingerprint density at radius 3 is 1.72 bits per heavy atom. The summed E-state index contributed by atoms with van der Waals surface area (Å²) in [6.07, 6.45) is 14.3. The lowest BCUT2D eigenvalue weighted by Crippen LogP contribution is -2.36. The summed E-state index contributed by atoms with van der Waals surface area (Å²) in [4.78, 5) is 5.32. The van der Waals surface area contributed by atoms with Crippen molar-refractivity contribution in [3.63, 3.8) is 0 Å². The zero-order chi connectivity index (χ0) is 42.6. The van der Waals surface area contributed by atoms with Gasteiger partial charge in [0.05, 0.1) is 6.04 Å². The molecule has 0 amide bonds. The van der Waals surface area contributed by atoms with Crippen molar-refractivity contribution in [3.05, 3.63) is 165 Å². The molecule has 310 valence electrons. The molecule has 2 unspecified atom stereocenters. The van der Waals surface area contributed by atoms with Gasteiger partial charge in [-0.15, -0.1) is 0 Å². The molecule has 0 bridgehead atoms. The maximum Gasteiger partial charge on any atom is 0.0562 e. The summed E-state index contributed by atoms with van der Waals surface area (Å²) in [5.74, 6) is 2.73. The first kappa shape index (κ1) is 41.6. The highest BCUT2D eigenvalue weighted by molar-refractivity contribution is 6.02. The first-order chi connectivity index (χ1) is 28.7. The average molecular weight is 793 g/mol. The number of hydrogen-bond acceptors (Lipinski definition) is 2. The lowest BCUT2D eigenvalue weighted by molar-refractivity contribution is 0.656. The zero-order valence-corrected chi connectivity index (χ0v) is 38.5. The molecule has 0 radical (unpaired) electrons. The number of hydrogen-bond donors (Lipinski definition) is 0. The second-order valence-electron chi connectivity index (χ2n) is 19.7. The van der Waals surface area contributed by atoms with Crippen molar-refractivity contribution < 1.29 is 0 Å². The fourth-order valence-electron chi connectivity index (χ4n) is 10.1. The molecule has 2 heteroatoms. The summed E-state index contributed by atoms with van der Waals surface area (Å²) in [7, 11) is 0. The molecule has 60 heavy (non-hydrogen) atoms. The number of benzene rings is 5. The highest BCUT2D eigenvalue weighted by Gasteiger charge is 2.35. The molecule has 0 saturated carbocycles. The molecule has 0 fully saturated rings. The van der Waals surface area contributed by atoms with Gasteiger partial charge in [0.25, 0.3) is 0 Å². The quantitative estimate of drug-likeness (QED) is 0.124. The first-order valence-corrected chi connectivity index (χ1v) is 23.0. The van der Waals surface area contributed by atoms with E-state index in [0.29, 0.717) is 35.5 Å². The van der Waals surface area contributed by atoms with E-state index in [1.807, 2.05) is 0 Å². The average Bonchev–Trinajstić information content (AvgIpc) is 3.23. The topological polar surface area (TPSA) is 6.48 Å². The third kappa shape index (κ3) is 7.61. The second kappa shape index (κ2) is 16.8. The van der Waals surface area contributed by atoms with E-state index in [4.69, 9.17) is 0 Å². The summed E-state index contributed by atoms with van der Waals surface area (Å²) in [5.41, 5.74) is 16.5. The van der Waals surface area contributed by atoms with Crippen LogP contribution in [0.3, 0.4) is 0 Å². The van der Waals surface area contributed by atoms with Crippen LogP contribution in [-0.2, 0) is 0 Å². The van der Waals surface area contributed by atoms with Crippen LogP contribution >= 0.6 is 0 Å². The number of allylic oxidation sites excluding steroid dienone is 4. The van der Waals surface area contributed by atoms with Gasteiger partial charge in [-0.25, -0.2) is 0 Å². The predicted octanol–water partition coefficient (Wildman–Crippen LogP) is 15.2. The van der Waals surface area contributed by atoms with Crippen molar-refractivity contribution in [2.24, 2.45) is 11.8 Å². The van der Waals surface area contributed by atoms with Crippen LogP contribution < -0.4 is 20.2 Å². The Morgan fingerprint density at radius 1 is 0.583 bits per heavy atom. The molecule has 0 aliphatic heterocycles. The monoisotopic (exact) mass is 793 g/mol. The smallest absolute Gasteiger partial charge is 0.0562 e. The maximum absolute atomic E-state index is 2.70. The van der Waals surface area contributed by atoms with Gasteiger partial charge in [-0.1, -0.05) is 161 Å². The third-order valence-electron chi connectivity index (χ3n) is 13.6. The van der Waals surface area contributed by atoms with Crippen molar-refractivity contribution in [2.75, 3.05) is 9.80 Å². The number of nitrogens with zero attached hydrogens (tertiary/aromatic N) is 2. The van der Waals surface area contributed by atoms with Crippen LogP contribution in [0.25, 0.3) is 22.4 Å². The molecule has 0 heterocycles. The van der Waals surface area contributed by atoms with Crippen molar-refractivity contribution in [2.45, 2.75) is 132 Å². The minimum atomic E-state index is 0.196. The summed E-state index contributed by atoms with van der Waals surface area (Å²) < 4.78 is 0. The van der Waals surface area contributed by atoms with Crippen LogP contribution in [0.4, 0.5) is 22.7 Å². The Bertz CT molecular complexity index is 2590. The van der Waals surface area contributed by atoms with E-state index in [1.54, 1.807) is 0 Å². The minimum Gasteiger partial charge on any atom is -0.334 e. The Balaban J connectivity index is 1.43. The van der Waals surface area contributed by atoms with Crippen LogP contribution in [0.1, 0.15) is 153 Å². The summed E-state index contributed by atoms with van der Waals surface area (Å²) in [5, 5.41) is 5.67. The molecule has 2 nitrogen and oxygen atoms in total. The lowest BCUT2D eigenvalue weighted by Gasteiger charge is -2.40. The molecule has 5 aromatic rings. The van der Waals surface area contributed by atoms with Crippen LogP contribution in [-0.4, -0.2) is 6.04 Å². The molecular weight excluding hydrogens is 725 g/mol. The van der Waals surface area contributed by atoms with Crippen LogP contribution in [0, 0.1) is 11.8 Å². The minimum absolute atomic E-state index is 0.196. The highest BCUT2D eigenvalue weighted by atomic mass is 15.2. The zero-order valence-electron chi connectivity index (χ0n) is 38.5. The van der Waals surface area contributed by atoms with E-state index in [1.165, 1.54) is 88.6 Å². The van der Waals surface area contributed by atoms with Crippen molar-refractivity contribution in [1.29, 1.82) is 0 Å². The Morgan fingerprint density at radius 2 is 1.17 bits per heavy atom. The molecule has 8 rings (SSSR count). The molecule has 2 atom stereocenters.